The Morgan fingerprint density at radius 1 is 1.14 bits per heavy atom. The van der Waals surface area contributed by atoms with E-state index in [2.05, 4.69) is 36.6 Å². The summed E-state index contributed by atoms with van der Waals surface area (Å²) in [5.74, 6) is -0.453. The number of aromatic nitrogens is 3. The van der Waals surface area contributed by atoms with Gasteiger partial charge in [0.05, 0.1) is 33.3 Å². The summed E-state index contributed by atoms with van der Waals surface area (Å²) in [5, 5.41) is 3.19. The number of anilines is 1. The number of aliphatic imine (C=N–C) groups is 2. The van der Waals surface area contributed by atoms with Crippen molar-refractivity contribution in [2.24, 2.45) is 17.0 Å². The number of fused-ring (bicyclic) bond motifs is 1. The largest absolute Gasteiger partial charge is 0.375 e. The quantitative estimate of drug-likeness (QED) is 0.220. The van der Waals surface area contributed by atoms with E-state index in [0.29, 0.717) is 28.5 Å². The van der Waals surface area contributed by atoms with Gasteiger partial charge in [-0.2, -0.15) is 0 Å². The second-order valence-corrected chi connectivity index (χ2v) is 10.5. The van der Waals surface area contributed by atoms with Gasteiger partial charge in [0.15, 0.2) is 5.84 Å². The Morgan fingerprint density at radius 2 is 1.86 bits per heavy atom. The molecule has 13 heteroatoms. The Balaban J connectivity index is 1.79. The minimum absolute atomic E-state index is 0.0204. The highest BCUT2D eigenvalue weighted by Crippen LogP contribution is 2.31. The van der Waals surface area contributed by atoms with Crippen molar-refractivity contribution in [3.05, 3.63) is 100 Å². The number of allylic oxidation sites excluding steroid dienone is 1. The zero-order valence-corrected chi connectivity index (χ0v) is 24.1. The lowest BCUT2D eigenvalue weighted by molar-refractivity contribution is 0.452. The molecule has 2 N–H and O–H groups in total. The number of amidine groups is 1. The molecule has 0 radical (unpaired) electrons. The first-order valence-corrected chi connectivity index (χ1v) is 13.8. The van der Waals surface area contributed by atoms with Crippen molar-refractivity contribution in [3.63, 3.8) is 0 Å². The van der Waals surface area contributed by atoms with Crippen molar-refractivity contribution in [3.8, 4) is 0 Å². The third-order valence-corrected chi connectivity index (χ3v) is 7.57. The van der Waals surface area contributed by atoms with E-state index in [1.165, 1.54) is 30.9 Å². The molecule has 218 valence electrons. The van der Waals surface area contributed by atoms with Gasteiger partial charge >= 0.3 is 0 Å². The standard InChI is InChI=1S/C29H28F3N7O2S/c1-16(13-37-28(33-3)18-14-35-17(2)36-15-18)26-11-21-22(8-20(32)9-23(21)29(40)39(26)5)25(12-30)38-24-7-6-19(31)10-27(24)42(41)34-4/h6-11,13-15,25,34,38H,1,12H2,2-5H3/t25-,42?/m1/s1. The smallest absolute Gasteiger partial charge is 0.258 e. The summed E-state index contributed by atoms with van der Waals surface area (Å²) < 4.78 is 59.5. The number of pyridine rings is 1. The normalized spacial score (nSPS) is 13.5. The maximum Gasteiger partial charge on any atom is 0.258 e. The van der Waals surface area contributed by atoms with Crippen LogP contribution in [0.25, 0.3) is 16.3 Å². The summed E-state index contributed by atoms with van der Waals surface area (Å²) in [6.45, 7) is 4.77. The first-order chi connectivity index (χ1) is 20.1. The van der Waals surface area contributed by atoms with Crippen LogP contribution in [-0.2, 0) is 18.0 Å². The van der Waals surface area contributed by atoms with Crippen molar-refractivity contribution in [2.75, 3.05) is 26.1 Å². The van der Waals surface area contributed by atoms with E-state index in [0.717, 1.165) is 24.3 Å². The second-order valence-electron chi connectivity index (χ2n) is 9.16. The van der Waals surface area contributed by atoms with Gasteiger partial charge in [-0.1, -0.05) is 6.58 Å². The number of benzene rings is 2. The first kappa shape index (κ1) is 30.5. The Hall–Kier alpha value is -4.49. The van der Waals surface area contributed by atoms with Crippen molar-refractivity contribution in [1.82, 2.24) is 19.3 Å². The summed E-state index contributed by atoms with van der Waals surface area (Å²) in [5.41, 5.74) is 1.02. The molecule has 4 aromatic rings. The molecule has 2 heterocycles. The van der Waals surface area contributed by atoms with E-state index in [-0.39, 0.29) is 26.9 Å². The molecule has 0 fully saturated rings. The van der Waals surface area contributed by atoms with E-state index in [1.807, 2.05) is 0 Å². The number of halogens is 3. The number of aryl methyl sites for hydroxylation is 1. The average molecular weight is 596 g/mol. The Kier molecular flexibility index (Phi) is 9.43. The fourth-order valence-corrected chi connectivity index (χ4v) is 5.10. The molecule has 2 aromatic heterocycles. The molecule has 2 atom stereocenters. The average Bonchev–Trinajstić information content (AvgIpc) is 2.98. The summed E-state index contributed by atoms with van der Waals surface area (Å²) in [7, 11) is 2.69. The van der Waals surface area contributed by atoms with Crippen LogP contribution in [0.2, 0.25) is 0 Å². The highest BCUT2D eigenvalue weighted by Gasteiger charge is 2.22. The Morgan fingerprint density at radius 3 is 2.50 bits per heavy atom. The van der Waals surface area contributed by atoms with Crippen LogP contribution in [0.5, 0.6) is 0 Å². The van der Waals surface area contributed by atoms with E-state index < -0.39 is 40.9 Å². The van der Waals surface area contributed by atoms with Gasteiger partial charge in [-0.25, -0.2) is 37.1 Å². The summed E-state index contributed by atoms with van der Waals surface area (Å²) in [6, 6.07) is 6.13. The lowest BCUT2D eigenvalue weighted by Gasteiger charge is -2.22. The fourth-order valence-electron chi connectivity index (χ4n) is 4.34. The van der Waals surface area contributed by atoms with Gasteiger partial charge in [-0.05, 0) is 61.3 Å². The van der Waals surface area contributed by atoms with E-state index >= 15 is 0 Å². The molecule has 0 amide bonds. The Labute approximate surface area is 242 Å². The van der Waals surface area contributed by atoms with Crippen LogP contribution in [-0.4, -0.2) is 51.6 Å². The molecule has 9 nitrogen and oxygen atoms in total. The van der Waals surface area contributed by atoms with Gasteiger partial charge in [0.2, 0.25) is 0 Å². The lowest BCUT2D eigenvalue weighted by Crippen LogP contribution is -2.22. The lowest BCUT2D eigenvalue weighted by atomic mass is 9.97. The molecule has 2 aromatic carbocycles. The van der Waals surface area contributed by atoms with Crippen molar-refractivity contribution in [1.29, 1.82) is 0 Å². The zero-order valence-electron chi connectivity index (χ0n) is 23.3. The molecule has 0 saturated carbocycles. The number of hydrogen-bond donors (Lipinski definition) is 2. The SMILES string of the molecule is C=C(C=NC(=NC)c1cnc(C)nc1)c1cc2c([C@@H](CF)Nc3ccc(F)cc3S(=O)NC)cc(F)cc2c(=O)n1C. The highest BCUT2D eigenvalue weighted by atomic mass is 32.2. The predicted molar refractivity (Wildman–Crippen MR) is 160 cm³/mol. The van der Waals surface area contributed by atoms with Gasteiger partial charge in [-0.3, -0.25) is 9.79 Å². The monoisotopic (exact) mass is 595 g/mol. The molecule has 0 bridgehead atoms. The molecule has 0 aliphatic heterocycles. The summed E-state index contributed by atoms with van der Waals surface area (Å²) in [4.78, 5) is 30.3. The van der Waals surface area contributed by atoms with Gasteiger partial charge in [0.25, 0.3) is 5.56 Å². The van der Waals surface area contributed by atoms with Crippen LogP contribution >= 0.6 is 0 Å². The van der Waals surface area contributed by atoms with Gasteiger partial charge in [0, 0.05) is 38.3 Å². The predicted octanol–water partition coefficient (Wildman–Crippen LogP) is 4.44. The second kappa shape index (κ2) is 13.0. The van der Waals surface area contributed by atoms with Crippen molar-refractivity contribution >= 4 is 45.1 Å². The highest BCUT2D eigenvalue weighted by molar-refractivity contribution is 7.83. The van der Waals surface area contributed by atoms with Crippen LogP contribution in [0.15, 0.2) is 75.0 Å². The van der Waals surface area contributed by atoms with E-state index in [4.69, 9.17) is 0 Å². The molecule has 1 unspecified atom stereocenters. The molecule has 4 rings (SSSR count). The minimum atomic E-state index is -1.80. The third-order valence-electron chi connectivity index (χ3n) is 6.47. The van der Waals surface area contributed by atoms with Crippen LogP contribution in [0.1, 0.15) is 28.7 Å². The van der Waals surface area contributed by atoms with Crippen LogP contribution in [0.3, 0.4) is 0 Å². The summed E-state index contributed by atoms with van der Waals surface area (Å²) >= 11 is 0. The minimum Gasteiger partial charge on any atom is -0.375 e. The number of alkyl halides is 1. The van der Waals surface area contributed by atoms with E-state index in [1.54, 1.807) is 32.4 Å². The van der Waals surface area contributed by atoms with Crippen molar-refractivity contribution < 1.29 is 17.4 Å². The van der Waals surface area contributed by atoms with Gasteiger partial charge in [-0.15, -0.1) is 0 Å². The van der Waals surface area contributed by atoms with Crippen molar-refractivity contribution in [2.45, 2.75) is 17.9 Å². The van der Waals surface area contributed by atoms with Crippen LogP contribution in [0.4, 0.5) is 18.9 Å². The Bertz CT molecular complexity index is 1800. The maximum absolute atomic E-state index is 14.8. The number of nitrogens with zero attached hydrogens (tertiary/aromatic N) is 5. The van der Waals surface area contributed by atoms with E-state index in [9.17, 15) is 22.2 Å². The molecule has 0 saturated heterocycles. The summed E-state index contributed by atoms with van der Waals surface area (Å²) in [6.07, 6.45) is 4.59. The third kappa shape index (κ3) is 6.37. The number of hydrogen-bond acceptors (Lipinski definition) is 6. The first-order valence-electron chi connectivity index (χ1n) is 12.6. The number of rotatable bonds is 9. The molecule has 0 aliphatic carbocycles. The topological polar surface area (TPSA) is 114 Å². The van der Waals surface area contributed by atoms with Gasteiger partial charge in [0.1, 0.15) is 35.1 Å². The van der Waals surface area contributed by atoms with Crippen LogP contribution < -0.4 is 15.6 Å². The maximum atomic E-state index is 14.8. The van der Waals surface area contributed by atoms with Crippen LogP contribution in [0, 0.1) is 18.6 Å². The molecule has 0 spiro atoms. The zero-order chi connectivity index (χ0) is 30.6. The van der Waals surface area contributed by atoms with Gasteiger partial charge < -0.3 is 9.88 Å². The molecule has 0 aliphatic rings. The molecular formula is C29H28F3N7O2S. The molecule has 42 heavy (non-hydrogen) atoms. The number of nitrogens with one attached hydrogen (secondary N) is 2. The fraction of sp³-hybridized carbons (Fsp3) is 0.207. The molecular weight excluding hydrogens is 567 g/mol.